The largest absolute Gasteiger partial charge is 0.458 e. The number of ether oxygens (including phenoxy) is 7. The van der Waals surface area contributed by atoms with Crippen LogP contribution in [0, 0.1) is 23.7 Å². The number of benzene rings is 1. The number of ketones is 1. The second-order valence-corrected chi connectivity index (χ2v) is 18.2. The summed E-state index contributed by atoms with van der Waals surface area (Å²) in [5.41, 5.74) is -1.79. The number of carbonyl (C=O) groups excluding carboxylic acids is 4. The summed E-state index contributed by atoms with van der Waals surface area (Å²) in [7, 11) is 3.45. The predicted molar refractivity (Wildman–Crippen MR) is 222 cm³/mol. The number of hydrogen-bond donors (Lipinski definition) is 1. The third-order valence-electron chi connectivity index (χ3n) is 13.5. The molecule has 5 rings (SSSR count). The summed E-state index contributed by atoms with van der Waals surface area (Å²) in [5.74, 6) is -4.19. The zero-order valence-electron chi connectivity index (χ0n) is 37.3. The van der Waals surface area contributed by atoms with Gasteiger partial charge in [-0.1, -0.05) is 58.4 Å². The molecule has 0 radical (unpaired) electrons. The first kappa shape index (κ1) is 48.0. The number of hydrogen-bond acceptors (Lipinski definition) is 13. The smallest absolute Gasteiger partial charge is 0.411 e. The Bertz CT molecular complexity index is 1650. The molecule has 1 aromatic rings. The number of cyclic esters (lactones) is 1. The minimum absolute atomic E-state index is 0.0240. The van der Waals surface area contributed by atoms with E-state index in [1.807, 2.05) is 58.7 Å². The fourth-order valence-electron chi connectivity index (χ4n) is 9.87. The van der Waals surface area contributed by atoms with Gasteiger partial charge in [0, 0.05) is 49.0 Å². The van der Waals surface area contributed by atoms with E-state index in [0.29, 0.717) is 37.6 Å². The maximum Gasteiger partial charge on any atom is 0.411 e. The molecule has 4 fully saturated rings. The molecule has 0 aliphatic carbocycles. The van der Waals surface area contributed by atoms with Gasteiger partial charge in [-0.15, -0.1) is 0 Å². The van der Waals surface area contributed by atoms with Crippen LogP contribution in [0.15, 0.2) is 24.3 Å². The molecular formula is C44H68ClN3O12. The highest BCUT2D eigenvalue weighted by Crippen LogP contribution is 2.44. The number of aliphatic hydroxyl groups is 1. The molecule has 1 aromatic carbocycles. The number of halogens is 1. The number of likely N-dealkylation sites (N-methyl/N-ethyl adjacent to an activating group) is 1. The number of rotatable bonds is 10. The molecule has 0 unspecified atom stereocenters. The van der Waals surface area contributed by atoms with Crippen molar-refractivity contribution in [3.8, 4) is 0 Å². The van der Waals surface area contributed by atoms with Gasteiger partial charge in [0.25, 0.3) is 0 Å². The second kappa shape index (κ2) is 20.0. The number of Topliss-reactive ketones (excluding diaryl/α,β-unsaturated/α-hetero) is 1. The molecule has 2 amide bonds. The summed E-state index contributed by atoms with van der Waals surface area (Å²) in [5, 5.41) is 12.4. The fourth-order valence-corrected chi connectivity index (χ4v) is 9.99. The van der Waals surface area contributed by atoms with Crippen LogP contribution in [0.2, 0.25) is 5.02 Å². The normalized spacial score (nSPS) is 38.3. The summed E-state index contributed by atoms with van der Waals surface area (Å²) in [6.45, 7) is 17.9. The Morgan fingerprint density at radius 1 is 1.05 bits per heavy atom. The van der Waals surface area contributed by atoms with E-state index < -0.39 is 89.8 Å². The zero-order valence-corrected chi connectivity index (χ0v) is 38.0. The third kappa shape index (κ3) is 10.1. The Morgan fingerprint density at radius 3 is 2.33 bits per heavy atom. The standard InChI is InChI=1S/C44H68ClN3O12/c1-12-33-44(9)37(48(42(53)60-44)19-18-30-14-16-31(45)17-15-30)27(5)34(49)25(3)23-43(8,54-11)38(59-40-35(50)32(46(10)13-2)22-26(4)56-40)28(6)36(29(7)39(51)57-33)58-41(52)47-20-21-55-24-47/h14-17,25-29,32-33,35-38,40,50H,12-13,18-24H2,1-11H3/t25-,26-,27-,28+,29-,32+,33-,35-,36+,37-,38-,40+,43+,44-/m1/s1. The van der Waals surface area contributed by atoms with Gasteiger partial charge in [0.2, 0.25) is 0 Å². The molecule has 60 heavy (non-hydrogen) atoms. The second-order valence-electron chi connectivity index (χ2n) is 17.7. The van der Waals surface area contributed by atoms with Crippen molar-refractivity contribution in [2.45, 2.75) is 148 Å². The highest BCUT2D eigenvalue weighted by atomic mass is 35.5. The van der Waals surface area contributed by atoms with E-state index in [2.05, 4.69) is 0 Å². The number of carbonyl (C=O) groups is 4. The van der Waals surface area contributed by atoms with Gasteiger partial charge in [0.05, 0.1) is 36.4 Å². The van der Waals surface area contributed by atoms with Crippen molar-refractivity contribution < 1.29 is 57.4 Å². The molecule has 4 aliphatic rings. The lowest BCUT2D eigenvalue weighted by Gasteiger charge is -2.48. The average Bonchev–Trinajstić information content (AvgIpc) is 3.86. The Hall–Kier alpha value is -3.05. The quantitative estimate of drug-likeness (QED) is 0.225. The first-order chi connectivity index (χ1) is 28.3. The molecule has 14 atom stereocenters. The molecule has 0 saturated carbocycles. The first-order valence-electron chi connectivity index (χ1n) is 21.6. The number of aliphatic hydroxyl groups excluding tert-OH is 1. The minimum Gasteiger partial charge on any atom is -0.458 e. The van der Waals surface area contributed by atoms with E-state index in [1.165, 1.54) is 12.0 Å². The molecule has 4 aliphatic heterocycles. The SMILES string of the molecule is CC[C@H]1OC(=O)[C@H](C)[C@@H](OC(=O)N2CCOC2)[C@H](C)[C@@H](O[C@@H]2O[C@H](C)C[C@H](N(C)CC)[C@H]2O)[C@@](C)(OC)C[C@@H](C)C(=O)[C@@H](C)[C@H]2N(CCc3ccc(Cl)cc3)C(=O)O[C@]12C. The molecule has 4 saturated heterocycles. The van der Waals surface area contributed by atoms with E-state index in [1.54, 1.807) is 44.7 Å². The van der Waals surface area contributed by atoms with E-state index >= 15 is 0 Å². The van der Waals surface area contributed by atoms with Crippen molar-refractivity contribution in [3.63, 3.8) is 0 Å². The lowest BCUT2D eigenvalue weighted by Crippen LogP contribution is -2.61. The van der Waals surface area contributed by atoms with Gasteiger partial charge in [-0.25, -0.2) is 9.59 Å². The van der Waals surface area contributed by atoms with Gasteiger partial charge in [0.15, 0.2) is 11.9 Å². The summed E-state index contributed by atoms with van der Waals surface area (Å²) in [6, 6.07) is 6.22. The highest BCUT2D eigenvalue weighted by molar-refractivity contribution is 6.30. The maximum absolute atomic E-state index is 14.9. The molecule has 1 N–H and O–H groups in total. The highest BCUT2D eigenvalue weighted by Gasteiger charge is 2.60. The molecule has 338 valence electrons. The van der Waals surface area contributed by atoms with Gasteiger partial charge in [-0.3, -0.25) is 19.4 Å². The van der Waals surface area contributed by atoms with Gasteiger partial charge in [0.1, 0.15) is 30.8 Å². The van der Waals surface area contributed by atoms with Crippen LogP contribution in [0.4, 0.5) is 9.59 Å². The van der Waals surface area contributed by atoms with Gasteiger partial charge < -0.3 is 43.2 Å². The monoisotopic (exact) mass is 865 g/mol. The van der Waals surface area contributed by atoms with E-state index in [-0.39, 0.29) is 44.0 Å². The van der Waals surface area contributed by atoms with Crippen molar-refractivity contribution in [1.29, 1.82) is 0 Å². The lowest BCUT2D eigenvalue weighted by atomic mass is 9.73. The Kier molecular flexibility index (Phi) is 16.0. The van der Waals surface area contributed by atoms with Crippen molar-refractivity contribution in [2.75, 3.05) is 47.1 Å². The molecule has 4 heterocycles. The number of nitrogens with zero attached hydrogens (tertiary/aromatic N) is 3. The summed E-state index contributed by atoms with van der Waals surface area (Å²) < 4.78 is 43.8. The van der Waals surface area contributed by atoms with Gasteiger partial charge in [-0.05, 0) is 84.7 Å². The van der Waals surface area contributed by atoms with Crippen LogP contribution in [0.1, 0.15) is 87.1 Å². The fraction of sp³-hybridized carbons (Fsp3) is 0.773. The van der Waals surface area contributed by atoms with Crippen molar-refractivity contribution in [3.05, 3.63) is 34.9 Å². The van der Waals surface area contributed by atoms with Crippen LogP contribution in [0.5, 0.6) is 0 Å². The van der Waals surface area contributed by atoms with Crippen LogP contribution in [-0.4, -0.2) is 151 Å². The van der Waals surface area contributed by atoms with Crippen LogP contribution in [-0.2, 0) is 49.2 Å². The van der Waals surface area contributed by atoms with Crippen LogP contribution in [0.25, 0.3) is 0 Å². The molecule has 15 nitrogen and oxygen atoms in total. The minimum atomic E-state index is -1.44. The van der Waals surface area contributed by atoms with Crippen LogP contribution < -0.4 is 0 Å². The van der Waals surface area contributed by atoms with Crippen LogP contribution >= 0.6 is 11.6 Å². The van der Waals surface area contributed by atoms with E-state index in [0.717, 1.165) is 5.56 Å². The molecular weight excluding hydrogens is 798 g/mol. The topological polar surface area (TPSA) is 163 Å². The van der Waals surface area contributed by atoms with Crippen molar-refractivity contribution >= 4 is 35.5 Å². The van der Waals surface area contributed by atoms with Crippen LogP contribution in [0.3, 0.4) is 0 Å². The molecule has 16 heteroatoms. The van der Waals surface area contributed by atoms with Crippen molar-refractivity contribution in [2.24, 2.45) is 23.7 Å². The van der Waals surface area contributed by atoms with Gasteiger partial charge >= 0.3 is 18.2 Å². The number of methoxy groups -OCH3 is 1. The maximum atomic E-state index is 14.9. The Balaban J connectivity index is 1.60. The zero-order chi connectivity index (χ0) is 44.3. The predicted octanol–water partition coefficient (Wildman–Crippen LogP) is 5.70. The van der Waals surface area contributed by atoms with E-state index in [9.17, 15) is 24.3 Å². The number of amides is 2. The molecule has 0 bridgehead atoms. The molecule has 0 aromatic heterocycles. The molecule has 0 spiro atoms. The third-order valence-corrected chi connectivity index (χ3v) is 13.8. The Morgan fingerprint density at radius 2 is 1.73 bits per heavy atom. The van der Waals surface area contributed by atoms with Crippen molar-refractivity contribution in [1.82, 2.24) is 14.7 Å². The summed E-state index contributed by atoms with van der Waals surface area (Å²) in [6.07, 6.45) is -5.56. The van der Waals surface area contributed by atoms with Gasteiger partial charge in [-0.2, -0.15) is 0 Å². The lowest BCUT2D eigenvalue weighted by molar-refractivity contribution is -0.302. The number of fused-ring (bicyclic) bond motifs is 1. The average molecular weight is 866 g/mol. The first-order valence-corrected chi connectivity index (χ1v) is 21.9. The number of esters is 1. The Labute approximate surface area is 360 Å². The summed E-state index contributed by atoms with van der Waals surface area (Å²) in [4.78, 5) is 62.2. The van der Waals surface area contributed by atoms with E-state index in [4.69, 9.17) is 44.8 Å². The summed E-state index contributed by atoms with van der Waals surface area (Å²) >= 11 is 6.15.